The number of pyridine rings is 2. The zero-order chi connectivity index (χ0) is 23.9. The van der Waals surface area contributed by atoms with Crippen molar-refractivity contribution in [3.8, 4) is 5.82 Å². The molecule has 0 bridgehead atoms. The van der Waals surface area contributed by atoms with Crippen molar-refractivity contribution in [3.63, 3.8) is 0 Å². The second kappa shape index (κ2) is 8.47. The van der Waals surface area contributed by atoms with Gasteiger partial charge in [0.05, 0.1) is 23.5 Å². The summed E-state index contributed by atoms with van der Waals surface area (Å²) >= 11 is 6.10. The number of hydrogen-bond donors (Lipinski definition) is 1. The fourth-order valence-electron chi connectivity index (χ4n) is 3.75. The van der Waals surface area contributed by atoms with Crippen LogP contribution in [-0.2, 0) is 23.8 Å². The van der Waals surface area contributed by atoms with Crippen LogP contribution in [0.15, 0.2) is 24.4 Å². The predicted molar refractivity (Wildman–Crippen MR) is 112 cm³/mol. The second-order valence-electron chi connectivity index (χ2n) is 7.30. The minimum absolute atomic E-state index is 0.000675. The second-order valence-corrected chi connectivity index (χ2v) is 7.71. The highest BCUT2D eigenvalue weighted by molar-refractivity contribution is 6.32. The first-order valence-corrected chi connectivity index (χ1v) is 10.2. The Morgan fingerprint density at radius 1 is 1.27 bits per heavy atom. The Morgan fingerprint density at radius 3 is 2.70 bits per heavy atom. The minimum atomic E-state index is -4.81. The normalized spacial score (nSPS) is 13.0. The van der Waals surface area contributed by atoms with Gasteiger partial charge in [-0.3, -0.25) is 9.78 Å². The van der Waals surface area contributed by atoms with Gasteiger partial charge in [-0.05, 0) is 43.9 Å². The van der Waals surface area contributed by atoms with Gasteiger partial charge in [-0.25, -0.2) is 14.5 Å². The number of halogens is 4. The molecule has 0 saturated heterocycles. The van der Waals surface area contributed by atoms with Gasteiger partial charge in [0.2, 0.25) is 0 Å². The zero-order valence-electron chi connectivity index (χ0n) is 17.5. The van der Waals surface area contributed by atoms with E-state index < -0.39 is 29.4 Å². The molecule has 0 fully saturated rings. The molecule has 1 amide bonds. The minimum Gasteiger partial charge on any atom is -0.465 e. The highest BCUT2D eigenvalue weighted by Crippen LogP contribution is 2.34. The molecule has 0 spiro atoms. The number of rotatable bonds is 4. The van der Waals surface area contributed by atoms with Gasteiger partial charge in [0.1, 0.15) is 11.3 Å². The van der Waals surface area contributed by atoms with Crippen LogP contribution in [0, 0.1) is 6.92 Å². The first kappa shape index (κ1) is 22.7. The van der Waals surface area contributed by atoms with Gasteiger partial charge < -0.3 is 10.1 Å². The molecule has 172 valence electrons. The van der Waals surface area contributed by atoms with Crippen LogP contribution in [0.25, 0.3) is 5.82 Å². The average Bonchev–Trinajstić information content (AvgIpc) is 3.40. The number of carbonyl (C=O) groups excluding carboxylic acids is 2. The average molecular weight is 480 g/mol. The van der Waals surface area contributed by atoms with Crippen molar-refractivity contribution in [1.82, 2.24) is 19.7 Å². The quantitative estimate of drug-likeness (QED) is 0.564. The van der Waals surface area contributed by atoms with E-state index in [-0.39, 0.29) is 22.1 Å². The molecule has 0 aliphatic heterocycles. The first-order chi connectivity index (χ1) is 15.6. The maximum Gasteiger partial charge on any atom is 0.435 e. The van der Waals surface area contributed by atoms with Crippen LogP contribution in [0.5, 0.6) is 0 Å². The van der Waals surface area contributed by atoms with Crippen LogP contribution in [0.1, 0.15) is 49.9 Å². The standard InChI is InChI=1S/C21H17ClF3N5O3/c1-10-16(20(32)33-2)17(11-5-3-7-13(11)27-10)28-19(31)14-9-15(21(23,24)25)29-30(14)18-12(22)6-4-8-26-18/h4,6,8-9H,3,5,7H2,1-2H3,(H,27,28,31). The van der Waals surface area contributed by atoms with E-state index in [0.717, 1.165) is 11.1 Å². The molecular formula is C21H17ClF3N5O3. The third kappa shape index (κ3) is 4.15. The summed E-state index contributed by atoms with van der Waals surface area (Å²) in [7, 11) is 1.19. The lowest BCUT2D eigenvalue weighted by Crippen LogP contribution is -2.22. The number of alkyl halides is 3. The Labute approximate surface area is 190 Å². The SMILES string of the molecule is COC(=O)c1c(C)nc2c(c1NC(=O)c1cc(C(F)(F)F)nn1-c1ncccc1Cl)CCC2. The molecule has 12 heteroatoms. The van der Waals surface area contributed by atoms with Crippen LogP contribution in [-0.4, -0.2) is 38.7 Å². The summed E-state index contributed by atoms with van der Waals surface area (Å²) in [6.07, 6.45) is -1.55. The monoisotopic (exact) mass is 479 g/mol. The van der Waals surface area contributed by atoms with Gasteiger partial charge in [0.25, 0.3) is 5.91 Å². The molecule has 8 nitrogen and oxygen atoms in total. The number of fused-ring (bicyclic) bond motifs is 1. The van der Waals surface area contributed by atoms with Crippen molar-refractivity contribution in [1.29, 1.82) is 0 Å². The van der Waals surface area contributed by atoms with Crippen LogP contribution in [0.4, 0.5) is 18.9 Å². The number of carbonyl (C=O) groups is 2. The summed E-state index contributed by atoms with van der Waals surface area (Å²) in [5.41, 5.74) is 0.165. The maximum absolute atomic E-state index is 13.4. The number of nitrogens with zero attached hydrogens (tertiary/aromatic N) is 4. The molecule has 1 aliphatic rings. The molecule has 4 rings (SSSR count). The van der Waals surface area contributed by atoms with E-state index in [4.69, 9.17) is 16.3 Å². The molecule has 3 aromatic rings. The van der Waals surface area contributed by atoms with Gasteiger partial charge in [0.15, 0.2) is 11.5 Å². The lowest BCUT2D eigenvalue weighted by Gasteiger charge is -2.16. The van der Waals surface area contributed by atoms with Crippen molar-refractivity contribution < 1.29 is 27.5 Å². The van der Waals surface area contributed by atoms with Gasteiger partial charge in [-0.1, -0.05) is 11.6 Å². The summed E-state index contributed by atoms with van der Waals surface area (Å²) in [5.74, 6) is -1.80. The number of hydrogen-bond acceptors (Lipinski definition) is 6. The molecule has 0 unspecified atom stereocenters. The van der Waals surface area contributed by atoms with Crippen LogP contribution < -0.4 is 5.32 Å². The van der Waals surface area contributed by atoms with Gasteiger partial charge in [-0.2, -0.15) is 18.3 Å². The lowest BCUT2D eigenvalue weighted by atomic mass is 10.0. The van der Waals surface area contributed by atoms with Crippen molar-refractivity contribution in [3.05, 3.63) is 63.3 Å². The largest absolute Gasteiger partial charge is 0.465 e. The van der Waals surface area contributed by atoms with E-state index in [2.05, 4.69) is 20.4 Å². The maximum atomic E-state index is 13.4. The van der Waals surface area contributed by atoms with Crippen LogP contribution >= 0.6 is 11.6 Å². The fourth-order valence-corrected chi connectivity index (χ4v) is 3.96. The highest BCUT2D eigenvalue weighted by atomic mass is 35.5. The van der Waals surface area contributed by atoms with Gasteiger partial charge in [-0.15, -0.1) is 0 Å². The number of esters is 1. The van der Waals surface area contributed by atoms with Crippen molar-refractivity contribution in [2.24, 2.45) is 0 Å². The van der Waals surface area contributed by atoms with E-state index in [1.54, 1.807) is 6.92 Å². The van der Waals surface area contributed by atoms with Gasteiger partial charge >= 0.3 is 12.1 Å². The van der Waals surface area contributed by atoms with Crippen LogP contribution in [0.2, 0.25) is 5.02 Å². The number of aromatic nitrogens is 4. The number of aryl methyl sites for hydroxylation is 2. The number of ether oxygens (including phenoxy) is 1. The number of amides is 1. The Morgan fingerprint density at radius 2 is 2.03 bits per heavy atom. The van der Waals surface area contributed by atoms with Crippen molar-refractivity contribution >= 4 is 29.2 Å². The summed E-state index contributed by atoms with van der Waals surface area (Å²) in [6, 6.07) is 3.51. The fraction of sp³-hybridized carbons (Fsp3) is 0.286. The molecule has 33 heavy (non-hydrogen) atoms. The lowest BCUT2D eigenvalue weighted by molar-refractivity contribution is -0.141. The summed E-state index contributed by atoms with van der Waals surface area (Å²) in [6.45, 7) is 1.60. The van der Waals surface area contributed by atoms with Gasteiger partial charge in [0, 0.05) is 18.0 Å². The molecule has 3 aromatic heterocycles. The van der Waals surface area contributed by atoms with E-state index in [1.165, 1.54) is 25.4 Å². The third-order valence-corrected chi connectivity index (χ3v) is 5.50. The van der Waals surface area contributed by atoms with E-state index in [9.17, 15) is 22.8 Å². The number of nitrogens with one attached hydrogen (secondary N) is 1. The summed E-state index contributed by atoms with van der Waals surface area (Å²) in [4.78, 5) is 34.1. The predicted octanol–water partition coefficient (Wildman–Crippen LogP) is 4.17. The molecule has 1 N–H and O–H groups in total. The van der Waals surface area contributed by atoms with Crippen molar-refractivity contribution in [2.75, 3.05) is 12.4 Å². The summed E-state index contributed by atoms with van der Waals surface area (Å²) < 4.78 is 45.8. The number of anilines is 1. The molecular weight excluding hydrogens is 463 g/mol. The summed E-state index contributed by atoms with van der Waals surface area (Å²) in [5, 5.41) is 6.12. The van der Waals surface area contributed by atoms with E-state index >= 15 is 0 Å². The first-order valence-electron chi connectivity index (χ1n) is 9.82. The molecule has 0 aromatic carbocycles. The molecule has 0 radical (unpaired) electrons. The Hall–Kier alpha value is -3.47. The van der Waals surface area contributed by atoms with E-state index in [0.29, 0.717) is 35.9 Å². The number of methoxy groups -OCH3 is 1. The molecule has 3 heterocycles. The molecule has 0 atom stereocenters. The molecule has 1 aliphatic carbocycles. The Bertz CT molecular complexity index is 1270. The van der Waals surface area contributed by atoms with Crippen molar-refractivity contribution in [2.45, 2.75) is 32.4 Å². The zero-order valence-corrected chi connectivity index (χ0v) is 18.2. The Balaban J connectivity index is 1.85. The topological polar surface area (TPSA) is 99.0 Å². The molecule has 0 saturated carbocycles. The van der Waals surface area contributed by atoms with Crippen LogP contribution in [0.3, 0.4) is 0 Å². The third-order valence-electron chi connectivity index (χ3n) is 5.21. The smallest absolute Gasteiger partial charge is 0.435 e. The van der Waals surface area contributed by atoms with E-state index in [1.807, 2.05) is 0 Å². The highest BCUT2D eigenvalue weighted by Gasteiger charge is 2.37. The Kier molecular flexibility index (Phi) is 5.83.